The number of nitrogens with two attached hydrogens (primary N) is 2. The largest absolute Gasteiger partial charge is 0.493 e. The smallest absolute Gasteiger partial charge is 0.233 e. The number of amides is 1. The van der Waals surface area contributed by atoms with Gasteiger partial charge in [0.05, 0.1) is 25.2 Å². The first-order chi connectivity index (χ1) is 12.4. The molecule has 10 heteroatoms. The van der Waals surface area contributed by atoms with Crippen LogP contribution in [0.3, 0.4) is 0 Å². The fourth-order valence-corrected chi connectivity index (χ4v) is 2.88. The van der Waals surface area contributed by atoms with Crippen LogP contribution in [0, 0.1) is 0 Å². The predicted octanol–water partition coefficient (Wildman–Crippen LogP) is 0.991. The number of methoxy groups -OCH3 is 2. The first-order valence-electron chi connectivity index (χ1n) is 7.79. The van der Waals surface area contributed by atoms with E-state index < -0.39 is 0 Å². The van der Waals surface area contributed by atoms with Crippen LogP contribution >= 0.6 is 11.8 Å². The number of thioether (sulfide) groups is 1. The molecule has 2 aromatic rings. The summed E-state index contributed by atoms with van der Waals surface area (Å²) < 4.78 is 10.5. The van der Waals surface area contributed by atoms with Crippen LogP contribution in [0.15, 0.2) is 18.2 Å². The summed E-state index contributed by atoms with van der Waals surface area (Å²) in [7, 11) is 3.14. The monoisotopic (exact) mass is 378 g/mol. The molecule has 0 aliphatic carbocycles. The topological polar surface area (TPSA) is 138 Å². The van der Waals surface area contributed by atoms with E-state index >= 15 is 0 Å². The summed E-state index contributed by atoms with van der Waals surface area (Å²) in [5, 5.41) is 2.59. The minimum absolute atomic E-state index is 0.0682. The molecule has 5 N–H and O–H groups in total. The molecule has 0 spiro atoms. The number of nitrogens with zero attached hydrogens (tertiary/aromatic N) is 3. The molecule has 0 aliphatic heterocycles. The van der Waals surface area contributed by atoms with E-state index in [-0.39, 0.29) is 23.1 Å². The molecule has 1 heterocycles. The molecular weight excluding hydrogens is 356 g/mol. The molecule has 2 rings (SSSR count). The van der Waals surface area contributed by atoms with E-state index in [2.05, 4.69) is 20.3 Å². The van der Waals surface area contributed by atoms with E-state index in [0.717, 1.165) is 5.56 Å². The fraction of sp³-hybridized carbons (Fsp3) is 0.375. The molecule has 0 fully saturated rings. The normalized spacial score (nSPS) is 11.7. The van der Waals surface area contributed by atoms with Gasteiger partial charge in [0.2, 0.25) is 17.8 Å². The van der Waals surface area contributed by atoms with Crippen LogP contribution in [0.2, 0.25) is 0 Å². The summed E-state index contributed by atoms with van der Waals surface area (Å²) in [5.41, 5.74) is 12.0. The van der Waals surface area contributed by atoms with Gasteiger partial charge in [0, 0.05) is 6.54 Å². The quantitative estimate of drug-likeness (QED) is 0.613. The molecule has 0 bridgehead atoms. The van der Waals surface area contributed by atoms with Crippen LogP contribution in [0.4, 0.5) is 11.9 Å². The van der Waals surface area contributed by atoms with Crippen molar-refractivity contribution in [2.45, 2.75) is 24.5 Å². The van der Waals surface area contributed by atoms with E-state index in [4.69, 9.17) is 20.9 Å². The SMILES string of the molecule is COc1ccc(CNC(=O)[C@H](C)SCc2nc(N)nc(N)n2)cc1OC. The van der Waals surface area contributed by atoms with E-state index in [0.29, 0.717) is 29.6 Å². The Balaban J connectivity index is 1.87. The molecule has 1 aromatic carbocycles. The Labute approximate surface area is 155 Å². The fourth-order valence-electron chi connectivity index (χ4n) is 2.12. The van der Waals surface area contributed by atoms with E-state index in [1.54, 1.807) is 20.3 Å². The molecule has 0 aliphatic rings. The number of aromatic nitrogens is 3. The van der Waals surface area contributed by atoms with Gasteiger partial charge < -0.3 is 26.3 Å². The number of anilines is 2. The highest BCUT2D eigenvalue weighted by molar-refractivity contribution is 7.99. The second-order valence-corrected chi connectivity index (χ2v) is 6.66. The number of benzene rings is 1. The standard InChI is InChI=1S/C16H22N6O3S/c1-9(26-8-13-20-15(17)22-16(18)21-13)14(23)19-7-10-4-5-11(24-2)12(6-10)25-3/h4-6,9H,7-8H2,1-3H3,(H,19,23)(H4,17,18,20,21,22)/t9-/m0/s1. The second-order valence-electron chi connectivity index (χ2n) is 5.33. The summed E-state index contributed by atoms with van der Waals surface area (Å²) in [5.74, 6) is 2.15. The Kier molecular flexibility index (Phi) is 6.84. The molecule has 0 unspecified atom stereocenters. The Morgan fingerprint density at radius 1 is 1.15 bits per heavy atom. The third-order valence-electron chi connectivity index (χ3n) is 3.46. The lowest BCUT2D eigenvalue weighted by molar-refractivity contribution is -0.120. The summed E-state index contributed by atoms with van der Waals surface area (Å²) in [6.45, 7) is 2.19. The number of hydrogen-bond acceptors (Lipinski definition) is 9. The molecule has 1 amide bonds. The van der Waals surface area contributed by atoms with Gasteiger partial charge >= 0.3 is 0 Å². The highest BCUT2D eigenvalue weighted by Crippen LogP contribution is 2.27. The zero-order valence-corrected chi connectivity index (χ0v) is 15.7. The average molecular weight is 378 g/mol. The minimum atomic E-state index is -0.297. The lowest BCUT2D eigenvalue weighted by atomic mass is 10.2. The number of hydrogen-bond donors (Lipinski definition) is 3. The maximum absolute atomic E-state index is 12.3. The van der Waals surface area contributed by atoms with Gasteiger partial charge in [0.1, 0.15) is 5.82 Å². The molecule has 26 heavy (non-hydrogen) atoms. The van der Waals surface area contributed by atoms with Crippen molar-refractivity contribution in [1.29, 1.82) is 0 Å². The lowest BCUT2D eigenvalue weighted by Gasteiger charge is -2.13. The van der Waals surface area contributed by atoms with Gasteiger partial charge in [-0.15, -0.1) is 11.8 Å². The maximum Gasteiger partial charge on any atom is 0.233 e. The van der Waals surface area contributed by atoms with Crippen molar-refractivity contribution >= 4 is 29.6 Å². The number of nitrogen functional groups attached to an aromatic ring is 2. The third-order valence-corrected chi connectivity index (χ3v) is 4.60. The second kappa shape index (κ2) is 9.09. The van der Waals surface area contributed by atoms with Crippen molar-refractivity contribution in [3.05, 3.63) is 29.6 Å². The molecule has 140 valence electrons. The van der Waals surface area contributed by atoms with Crippen molar-refractivity contribution in [1.82, 2.24) is 20.3 Å². The van der Waals surface area contributed by atoms with Gasteiger partial charge in [0.15, 0.2) is 11.5 Å². The first kappa shape index (κ1) is 19.6. The highest BCUT2D eigenvalue weighted by atomic mass is 32.2. The van der Waals surface area contributed by atoms with E-state index in [1.165, 1.54) is 11.8 Å². The van der Waals surface area contributed by atoms with Crippen molar-refractivity contribution < 1.29 is 14.3 Å². The zero-order chi connectivity index (χ0) is 19.1. The Bertz CT molecular complexity index is 753. The van der Waals surface area contributed by atoms with Crippen molar-refractivity contribution in [2.75, 3.05) is 25.7 Å². The van der Waals surface area contributed by atoms with Crippen molar-refractivity contribution in [3.63, 3.8) is 0 Å². The average Bonchev–Trinajstić information content (AvgIpc) is 2.63. The van der Waals surface area contributed by atoms with Gasteiger partial charge in [-0.3, -0.25) is 4.79 Å². The number of ether oxygens (including phenoxy) is 2. The summed E-state index contributed by atoms with van der Waals surface area (Å²) in [4.78, 5) is 24.0. The van der Waals surface area contributed by atoms with Gasteiger partial charge in [-0.1, -0.05) is 6.07 Å². The van der Waals surface area contributed by atoms with Crippen molar-refractivity contribution in [2.24, 2.45) is 0 Å². The molecule has 1 atom stereocenters. The molecule has 0 radical (unpaired) electrons. The van der Waals surface area contributed by atoms with Crippen LogP contribution in [-0.2, 0) is 17.1 Å². The maximum atomic E-state index is 12.3. The number of nitrogens with one attached hydrogen (secondary N) is 1. The predicted molar refractivity (Wildman–Crippen MR) is 101 cm³/mol. The number of carbonyl (C=O) groups is 1. The molecule has 0 saturated carbocycles. The van der Waals surface area contributed by atoms with E-state index in [9.17, 15) is 4.79 Å². The zero-order valence-electron chi connectivity index (χ0n) is 14.9. The van der Waals surface area contributed by atoms with Gasteiger partial charge in [-0.2, -0.15) is 15.0 Å². The van der Waals surface area contributed by atoms with Gasteiger partial charge in [-0.05, 0) is 24.6 Å². The Hall–Kier alpha value is -2.75. The first-order valence-corrected chi connectivity index (χ1v) is 8.84. The summed E-state index contributed by atoms with van der Waals surface area (Å²) in [6.07, 6.45) is 0. The van der Waals surface area contributed by atoms with Crippen LogP contribution in [0.1, 0.15) is 18.3 Å². The van der Waals surface area contributed by atoms with Gasteiger partial charge in [-0.25, -0.2) is 0 Å². The lowest BCUT2D eigenvalue weighted by Crippen LogP contribution is -2.30. The van der Waals surface area contributed by atoms with Crippen LogP contribution in [0.25, 0.3) is 0 Å². The minimum Gasteiger partial charge on any atom is -0.493 e. The molecule has 0 saturated heterocycles. The number of carbonyl (C=O) groups excluding carboxylic acids is 1. The Morgan fingerprint density at radius 2 is 1.81 bits per heavy atom. The Morgan fingerprint density at radius 3 is 2.42 bits per heavy atom. The molecule has 1 aromatic heterocycles. The molecular formula is C16H22N6O3S. The third kappa shape index (κ3) is 5.38. The molecule has 9 nitrogen and oxygen atoms in total. The highest BCUT2D eigenvalue weighted by Gasteiger charge is 2.15. The van der Waals surface area contributed by atoms with E-state index in [1.807, 2.05) is 19.1 Å². The van der Waals surface area contributed by atoms with Crippen LogP contribution in [-0.4, -0.2) is 40.3 Å². The summed E-state index contributed by atoms with van der Waals surface area (Å²) in [6, 6.07) is 5.50. The van der Waals surface area contributed by atoms with Crippen molar-refractivity contribution in [3.8, 4) is 11.5 Å². The van der Waals surface area contributed by atoms with Crippen LogP contribution < -0.4 is 26.3 Å². The number of rotatable bonds is 8. The van der Waals surface area contributed by atoms with Gasteiger partial charge in [0.25, 0.3) is 0 Å². The summed E-state index contributed by atoms with van der Waals surface area (Å²) >= 11 is 1.38. The van der Waals surface area contributed by atoms with Crippen LogP contribution in [0.5, 0.6) is 11.5 Å².